The molecule has 0 fully saturated rings. The molecule has 0 saturated carbocycles. The van der Waals surface area contributed by atoms with Gasteiger partial charge >= 0.3 is 0 Å². The molecule has 2 atom stereocenters. The van der Waals surface area contributed by atoms with Crippen molar-refractivity contribution < 1.29 is 0 Å². The van der Waals surface area contributed by atoms with Gasteiger partial charge in [-0.2, -0.15) is 0 Å². The average molecular weight is 212 g/mol. The van der Waals surface area contributed by atoms with E-state index in [-0.39, 0.29) is 0 Å². The van der Waals surface area contributed by atoms with Gasteiger partial charge in [0.05, 0.1) is 10.7 Å². The number of aromatic nitrogens is 1. The van der Waals surface area contributed by atoms with Gasteiger partial charge in [0, 0.05) is 11.3 Å². The second kappa shape index (κ2) is 4.89. The highest BCUT2D eigenvalue weighted by atomic mass is 32.1. The Bertz CT molecular complexity index is 274. The maximum Gasteiger partial charge on any atom is 0.0933 e. The van der Waals surface area contributed by atoms with E-state index >= 15 is 0 Å². The van der Waals surface area contributed by atoms with Crippen molar-refractivity contribution in [2.75, 3.05) is 6.54 Å². The van der Waals surface area contributed by atoms with Crippen LogP contribution in [0.25, 0.3) is 0 Å². The minimum absolute atomic E-state index is 0.583. The van der Waals surface area contributed by atoms with Crippen LogP contribution in [0, 0.1) is 25.7 Å². The minimum Gasteiger partial charge on any atom is -0.330 e. The maximum atomic E-state index is 5.64. The van der Waals surface area contributed by atoms with Crippen molar-refractivity contribution in [1.29, 1.82) is 0 Å². The summed E-state index contributed by atoms with van der Waals surface area (Å²) in [6, 6.07) is 0. The SMILES string of the molecule is Cc1nc(CC(C)C(C)CN)sc1C. The maximum absolute atomic E-state index is 5.64. The molecule has 2 unspecified atom stereocenters. The Morgan fingerprint density at radius 3 is 2.36 bits per heavy atom. The number of rotatable bonds is 4. The van der Waals surface area contributed by atoms with Crippen LogP contribution in [-0.2, 0) is 6.42 Å². The Labute approximate surface area is 90.6 Å². The van der Waals surface area contributed by atoms with Crippen molar-refractivity contribution in [3.8, 4) is 0 Å². The zero-order valence-corrected chi connectivity index (χ0v) is 10.3. The van der Waals surface area contributed by atoms with Gasteiger partial charge in [-0.1, -0.05) is 13.8 Å². The van der Waals surface area contributed by atoms with E-state index in [1.54, 1.807) is 0 Å². The molecular weight excluding hydrogens is 192 g/mol. The van der Waals surface area contributed by atoms with Gasteiger partial charge in [-0.3, -0.25) is 0 Å². The summed E-state index contributed by atoms with van der Waals surface area (Å²) in [5, 5.41) is 1.26. The first-order valence-corrected chi connectivity index (χ1v) is 5.99. The lowest BCUT2D eigenvalue weighted by molar-refractivity contribution is 0.394. The van der Waals surface area contributed by atoms with Crippen LogP contribution in [0.2, 0.25) is 0 Å². The monoisotopic (exact) mass is 212 g/mol. The van der Waals surface area contributed by atoms with E-state index in [2.05, 4.69) is 32.7 Å². The van der Waals surface area contributed by atoms with E-state index in [1.807, 2.05) is 11.3 Å². The van der Waals surface area contributed by atoms with Crippen molar-refractivity contribution in [2.45, 2.75) is 34.1 Å². The second-order valence-electron chi connectivity index (χ2n) is 4.14. The molecule has 0 bridgehead atoms. The Kier molecular flexibility index (Phi) is 4.08. The molecule has 1 aromatic rings. The highest BCUT2D eigenvalue weighted by Gasteiger charge is 2.13. The summed E-state index contributed by atoms with van der Waals surface area (Å²) in [7, 11) is 0. The number of nitrogens with zero attached hydrogens (tertiary/aromatic N) is 1. The fraction of sp³-hybridized carbons (Fsp3) is 0.727. The average Bonchev–Trinajstić information content (AvgIpc) is 2.44. The largest absolute Gasteiger partial charge is 0.330 e. The van der Waals surface area contributed by atoms with E-state index < -0.39 is 0 Å². The van der Waals surface area contributed by atoms with E-state index in [4.69, 9.17) is 5.73 Å². The second-order valence-corrected chi connectivity index (χ2v) is 5.43. The van der Waals surface area contributed by atoms with Crippen molar-refractivity contribution in [3.05, 3.63) is 15.6 Å². The molecule has 0 amide bonds. The highest BCUT2D eigenvalue weighted by Crippen LogP contribution is 2.22. The summed E-state index contributed by atoms with van der Waals surface area (Å²) in [6.45, 7) is 9.44. The van der Waals surface area contributed by atoms with Crippen LogP contribution in [0.4, 0.5) is 0 Å². The van der Waals surface area contributed by atoms with Crippen LogP contribution < -0.4 is 5.73 Å². The molecule has 14 heavy (non-hydrogen) atoms. The van der Waals surface area contributed by atoms with Gasteiger partial charge in [0.2, 0.25) is 0 Å². The van der Waals surface area contributed by atoms with Crippen LogP contribution >= 0.6 is 11.3 Å². The van der Waals surface area contributed by atoms with Gasteiger partial charge in [0.15, 0.2) is 0 Å². The first kappa shape index (κ1) is 11.7. The van der Waals surface area contributed by atoms with Crippen LogP contribution in [0.15, 0.2) is 0 Å². The van der Waals surface area contributed by atoms with Crippen molar-refractivity contribution >= 4 is 11.3 Å². The van der Waals surface area contributed by atoms with E-state index in [1.165, 1.54) is 15.6 Å². The molecule has 0 aliphatic carbocycles. The third-order valence-electron chi connectivity index (χ3n) is 2.91. The van der Waals surface area contributed by atoms with E-state index in [0.29, 0.717) is 11.8 Å². The quantitative estimate of drug-likeness (QED) is 0.833. The predicted octanol–water partition coefficient (Wildman–Crippen LogP) is 2.53. The number of hydrogen-bond acceptors (Lipinski definition) is 3. The molecule has 0 aliphatic heterocycles. The molecule has 0 aliphatic rings. The standard InChI is InChI=1S/C11H20N2S/c1-7(8(2)6-12)5-11-13-9(3)10(4)14-11/h7-8H,5-6,12H2,1-4H3. The number of thiazole rings is 1. The molecule has 80 valence electrons. The highest BCUT2D eigenvalue weighted by molar-refractivity contribution is 7.11. The van der Waals surface area contributed by atoms with Crippen molar-refractivity contribution in [3.63, 3.8) is 0 Å². The molecule has 3 heteroatoms. The minimum atomic E-state index is 0.583. The van der Waals surface area contributed by atoms with Crippen LogP contribution in [-0.4, -0.2) is 11.5 Å². The molecule has 2 nitrogen and oxygen atoms in total. The van der Waals surface area contributed by atoms with Gasteiger partial charge in [-0.15, -0.1) is 11.3 Å². The van der Waals surface area contributed by atoms with Gasteiger partial charge in [0.1, 0.15) is 0 Å². The Hall–Kier alpha value is -0.410. The number of aryl methyl sites for hydroxylation is 2. The fourth-order valence-electron chi connectivity index (χ4n) is 1.34. The van der Waals surface area contributed by atoms with Crippen LogP contribution in [0.1, 0.15) is 29.4 Å². The smallest absolute Gasteiger partial charge is 0.0933 e. The third-order valence-corrected chi connectivity index (χ3v) is 4.01. The first-order valence-electron chi connectivity index (χ1n) is 5.17. The van der Waals surface area contributed by atoms with Crippen molar-refractivity contribution in [2.24, 2.45) is 17.6 Å². The summed E-state index contributed by atoms with van der Waals surface area (Å²) in [4.78, 5) is 5.88. The predicted molar refractivity (Wildman–Crippen MR) is 62.7 cm³/mol. The van der Waals surface area contributed by atoms with Gasteiger partial charge < -0.3 is 5.73 Å². The summed E-state index contributed by atoms with van der Waals surface area (Å²) in [5.41, 5.74) is 6.82. The molecule has 1 heterocycles. The number of hydrogen-bond donors (Lipinski definition) is 1. The lowest BCUT2D eigenvalue weighted by Crippen LogP contribution is -2.19. The van der Waals surface area contributed by atoms with Crippen molar-refractivity contribution in [1.82, 2.24) is 4.98 Å². The lowest BCUT2D eigenvalue weighted by Gasteiger charge is -2.16. The zero-order chi connectivity index (χ0) is 10.7. The summed E-state index contributed by atoms with van der Waals surface area (Å²) < 4.78 is 0. The Balaban J connectivity index is 2.60. The molecule has 0 saturated heterocycles. The molecule has 1 rings (SSSR count). The van der Waals surface area contributed by atoms with Gasteiger partial charge in [-0.05, 0) is 32.2 Å². The Morgan fingerprint density at radius 2 is 1.93 bits per heavy atom. The van der Waals surface area contributed by atoms with Gasteiger partial charge in [-0.25, -0.2) is 4.98 Å². The van der Waals surface area contributed by atoms with Crippen LogP contribution in [0.5, 0.6) is 0 Å². The van der Waals surface area contributed by atoms with E-state index in [9.17, 15) is 0 Å². The third kappa shape index (κ3) is 2.79. The lowest BCUT2D eigenvalue weighted by atomic mass is 9.93. The molecule has 0 spiro atoms. The molecule has 1 aromatic heterocycles. The Morgan fingerprint density at radius 1 is 1.29 bits per heavy atom. The molecule has 2 N–H and O–H groups in total. The summed E-state index contributed by atoms with van der Waals surface area (Å²) in [6.07, 6.45) is 1.07. The first-order chi connectivity index (χ1) is 6.54. The molecule has 0 radical (unpaired) electrons. The number of nitrogens with two attached hydrogens (primary N) is 1. The normalized spacial score (nSPS) is 15.5. The zero-order valence-electron chi connectivity index (χ0n) is 9.50. The molecule has 0 aromatic carbocycles. The molecular formula is C11H20N2S. The summed E-state index contributed by atoms with van der Waals surface area (Å²) in [5.74, 6) is 1.21. The van der Waals surface area contributed by atoms with Gasteiger partial charge in [0.25, 0.3) is 0 Å². The van der Waals surface area contributed by atoms with Crippen LogP contribution in [0.3, 0.4) is 0 Å². The van der Waals surface area contributed by atoms with E-state index in [0.717, 1.165) is 13.0 Å². The topological polar surface area (TPSA) is 38.9 Å². The fourth-order valence-corrected chi connectivity index (χ4v) is 2.41. The summed E-state index contributed by atoms with van der Waals surface area (Å²) >= 11 is 1.82.